The number of hydrogen-bond acceptors (Lipinski definition) is 3. The van der Waals surface area contributed by atoms with Crippen molar-refractivity contribution in [3.8, 4) is 0 Å². The largest absolute Gasteiger partial charge is 0.379 e. The summed E-state index contributed by atoms with van der Waals surface area (Å²) >= 11 is 0. The number of nitrogens with one attached hydrogen (secondary N) is 2. The molecule has 0 radical (unpaired) electrons. The van der Waals surface area contributed by atoms with E-state index in [2.05, 4.69) is 48.2 Å². The number of rotatable bonds is 7. The van der Waals surface area contributed by atoms with Gasteiger partial charge in [-0.2, -0.15) is 0 Å². The van der Waals surface area contributed by atoms with Crippen LogP contribution in [-0.2, 0) is 4.74 Å². The standard InChI is InChI=1S/C16H34N4O.HI/c1-13(2)6-7-18-16(17-5)19-12-15(14(3)4)20-8-10-21-11-9-20;/h13-15H,6-12H2,1-5H3,(H2,17,18,19);1H. The van der Waals surface area contributed by atoms with E-state index in [1.54, 1.807) is 0 Å². The van der Waals surface area contributed by atoms with E-state index in [1.807, 2.05) is 7.05 Å². The first kappa shape index (κ1) is 21.9. The van der Waals surface area contributed by atoms with Crippen molar-refractivity contribution in [3.05, 3.63) is 0 Å². The third kappa shape index (κ3) is 8.53. The molecule has 0 saturated carbocycles. The molecule has 0 aromatic carbocycles. The Balaban J connectivity index is 0.00000441. The highest BCUT2D eigenvalue weighted by molar-refractivity contribution is 14.0. The minimum atomic E-state index is 0. The number of halogens is 1. The summed E-state index contributed by atoms with van der Waals surface area (Å²) in [6.45, 7) is 14.7. The molecule has 0 amide bonds. The summed E-state index contributed by atoms with van der Waals surface area (Å²) in [5.41, 5.74) is 0. The lowest BCUT2D eigenvalue weighted by Crippen LogP contribution is -2.52. The van der Waals surface area contributed by atoms with Crippen LogP contribution in [0.25, 0.3) is 0 Å². The molecule has 0 aromatic rings. The molecule has 1 heterocycles. The number of ether oxygens (including phenoxy) is 1. The number of hydrogen-bond donors (Lipinski definition) is 2. The predicted octanol–water partition coefficient (Wildman–Crippen LogP) is 2.17. The van der Waals surface area contributed by atoms with E-state index in [1.165, 1.54) is 0 Å². The molecular weight excluding hydrogens is 391 g/mol. The fraction of sp³-hybridized carbons (Fsp3) is 0.938. The SMILES string of the molecule is CN=C(NCCC(C)C)NCC(C(C)C)N1CCOCC1.I. The average molecular weight is 426 g/mol. The molecule has 1 saturated heterocycles. The van der Waals surface area contributed by atoms with Crippen LogP contribution >= 0.6 is 24.0 Å². The first-order valence-electron chi connectivity index (χ1n) is 8.31. The van der Waals surface area contributed by atoms with Gasteiger partial charge >= 0.3 is 0 Å². The maximum Gasteiger partial charge on any atom is 0.191 e. The van der Waals surface area contributed by atoms with Gasteiger partial charge < -0.3 is 15.4 Å². The Morgan fingerprint density at radius 1 is 1.14 bits per heavy atom. The van der Waals surface area contributed by atoms with E-state index in [4.69, 9.17) is 4.74 Å². The molecule has 1 atom stereocenters. The Morgan fingerprint density at radius 2 is 1.77 bits per heavy atom. The van der Waals surface area contributed by atoms with Crippen molar-refractivity contribution >= 4 is 29.9 Å². The van der Waals surface area contributed by atoms with Crippen molar-refractivity contribution in [3.63, 3.8) is 0 Å². The Bertz CT molecular complexity index is 305. The number of morpholine rings is 1. The van der Waals surface area contributed by atoms with Crippen molar-refractivity contribution < 1.29 is 4.74 Å². The monoisotopic (exact) mass is 426 g/mol. The Labute approximate surface area is 153 Å². The lowest BCUT2D eigenvalue weighted by Gasteiger charge is -2.37. The second-order valence-electron chi connectivity index (χ2n) is 6.52. The molecule has 0 bridgehead atoms. The van der Waals surface area contributed by atoms with Gasteiger partial charge in [-0.15, -0.1) is 24.0 Å². The third-order valence-corrected chi connectivity index (χ3v) is 4.00. The lowest BCUT2D eigenvalue weighted by molar-refractivity contribution is 0.00752. The van der Waals surface area contributed by atoms with Gasteiger partial charge in [0.15, 0.2) is 5.96 Å². The van der Waals surface area contributed by atoms with Crippen LogP contribution in [0.15, 0.2) is 4.99 Å². The van der Waals surface area contributed by atoms with Crippen molar-refractivity contribution in [2.24, 2.45) is 16.8 Å². The highest BCUT2D eigenvalue weighted by Gasteiger charge is 2.23. The summed E-state index contributed by atoms with van der Waals surface area (Å²) < 4.78 is 5.45. The minimum Gasteiger partial charge on any atom is -0.379 e. The summed E-state index contributed by atoms with van der Waals surface area (Å²) in [6.07, 6.45) is 1.16. The number of guanidine groups is 1. The van der Waals surface area contributed by atoms with Crippen LogP contribution in [0.1, 0.15) is 34.1 Å². The molecule has 1 aliphatic rings. The van der Waals surface area contributed by atoms with Gasteiger partial charge in [-0.1, -0.05) is 27.7 Å². The molecule has 0 aliphatic carbocycles. The van der Waals surface area contributed by atoms with Crippen LogP contribution < -0.4 is 10.6 Å². The Kier molecular flexibility index (Phi) is 12.3. The van der Waals surface area contributed by atoms with Crippen LogP contribution in [0, 0.1) is 11.8 Å². The first-order chi connectivity index (χ1) is 10.0. The third-order valence-electron chi connectivity index (χ3n) is 4.00. The van der Waals surface area contributed by atoms with Gasteiger partial charge in [0.2, 0.25) is 0 Å². The first-order valence-corrected chi connectivity index (χ1v) is 8.31. The van der Waals surface area contributed by atoms with E-state index in [0.717, 1.165) is 51.8 Å². The molecule has 1 fully saturated rings. The number of aliphatic imine (C=N–C) groups is 1. The molecule has 1 rings (SSSR count). The molecular formula is C16H35IN4O. The van der Waals surface area contributed by atoms with Gasteiger partial charge in [0.1, 0.15) is 0 Å². The van der Waals surface area contributed by atoms with E-state index in [9.17, 15) is 0 Å². The molecule has 1 unspecified atom stereocenters. The number of nitrogens with zero attached hydrogens (tertiary/aromatic N) is 2. The zero-order valence-electron chi connectivity index (χ0n) is 14.9. The lowest BCUT2D eigenvalue weighted by atomic mass is 10.0. The maximum atomic E-state index is 5.45. The summed E-state index contributed by atoms with van der Waals surface area (Å²) in [4.78, 5) is 6.84. The highest BCUT2D eigenvalue weighted by atomic mass is 127. The van der Waals surface area contributed by atoms with Crippen LogP contribution in [0.5, 0.6) is 0 Å². The molecule has 5 nitrogen and oxygen atoms in total. The van der Waals surface area contributed by atoms with Gasteiger partial charge in [0.25, 0.3) is 0 Å². The summed E-state index contributed by atoms with van der Waals surface area (Å²) in [6, 6.07) is 0.526. The molecule has 22 heavy (non-hydrogen) atoms. The van der Waals surface area contributed by atoms with E-state index in [0.29, 0.717) is 17.9 Å². The van der Waals surface area contributed by atoms with E-state index < -0.39 is 0 Å². The van der Waals surface area contributed by atoms with Gasteiger partial charge in [-0.3, -0.25) is 9.89 Å². The summed E-state index contributed by atoms with van der Waals surface area (Å²) in [7, 11) is 1.84. The smallest absolute Gasteiger partial charge is 0.191 e. The topological polar surface area (TPSA) is 48.9 Å². The Hall–Kier alpha value is -0.0800. The molecule has 2 N–H and O–H groups in total. The average Bonchev–Trinajstić information content (AvgIpc) is 2.46. The second kappa shape index (κ2) is 12.4. The molecule has 0 aromatic heterocycles. The highest BCUT2D eigenvalue weighted by Crippen LogP contribution is 2.12. The normalized spacial score (nSPS) is 18.2. The second-order valence-corrected chi connectivity index (χ2v) is 6.52. The Morgan fingerprint density at radius 3 is 2.27 bits per heavy atom. The fourth-order valence-corrected chi connectivity index (χ4v) is 2.60. The van der Waals surface area contributed by atoms with Crippen molar-refractivity contribution in [2.45, 2.75) is 40.2 Å². The maximum absolute atomic E-state index is 5.45. The fourth-order valence-electron chi connectivity index (χ4n) is 2.60. The zero-order chi connectivity index (χ0) is 15.7. The summed E-state index contributed by atoms with van der Waals surface area (Å²) in [5.74, 6) is 2.24. The van der Waals surface area contributed by atoms with Crippen molar-refractivity contribution in [1.29, 1.82) is 0 Å². The van der Waals surface area contributed by atoms with Gasteiger partial charge in [0, 0.05) is 39.3 Å². The van der Waals surface area contributed by atoms with Crippen molar-refractivity contribution in [1.82, 2.24) is 15.5 Å². The van der Waals surface area contributed by atoms with Gasteiger partial charge in [0.05, 0.1) is 13.2 Å². The zero-order valence-corrected chi connectivity index (χ0v) is 17.2. The van der Waals surface area contributed by atoms with Crippen molar-refractivity contribution in [2.75, 3.05) is 46.4 Å². The van der Waals surface area contributed by atoms with E-state index in [-0.39, 0.29) is 24.0 Å². The van der Waals surface area contributed by atoms with Crippen LogP contribution in [0.4, 0.5) is 0 Å². The molecule has 0 spiro atoms. The van der Waals surface area contributed by atoms with Gasteiger partial charge in [-0.25, -0.2) is 0 Å². The predicted molar refractivity (Wildman–Crippen MR) is 105 cm³/mol. The van der Waals surface area contributed by atoms with Crippen LogP contribution in [0.2, 0.25) is 0 Å². The van der Waals surface area contributed by atoms with Gasteiger partial charge in [-0.05, 0) is 18.3 Å². The minimum absolute atomic E-state index is 0. The molecule has 6 heteroatoms. The quantitative estimate of drug-likeness (QED) is 0.372. The molecule has 132 valence electrons. The van der Waals surface area contributed by atoms with Crippen LogP contribution in [-0.4, -0.2) is 63.3 Å². The van der Waals surface area contributed by atoms with Crippen LogP contribution in [0.3, 0.4) is 0 Å². The van der Waals surface area contributed by atoms with E-state index >= 15 is 0 Å². The summed E-state index contributed by atoms with van der Waals surface area (Å²) in [5, 5.41) is 6.87. The molecule has 1 aliphatic heterocycles.